The van der Waals surface area contributed by atoms with Crippen molar-refractivity contribution in [2.75, 3.05) is 26.3 Å². The minimum atomic E-state index is 0.0503. The van der Waals surface area contributed by atoms with Crippen molar-refractivity contribution in [3.05, 3.63) is 24.5 Å². The maximum Gasteiger partial charge on any atom is 0.150 e. The van der Waals surface area contributed by atoms with Crippen LogP contribution in [0.1, 0.15) is 6.92 Å². The minimum Gasteiger partial charge on any atom is -0.473 e. The SMILES string of the molecule is CC(Oc1[c]nccc1)N1CCOCC1. The van der Waals surface area contributed by atoms with Gasteiger partial charge in [-0.2, -0.15) is 0 Å². The monoisotopic (exact) mass is 207 g/mol. The fourth-order valence-corrected chi connectivity index (χ4v) is 1.58. The Labute approximate surface area is 89.8 Å². The summed E-state index contributed by atoms with van der Waals surface area (Å²) in [6.07, 6.45) is 4.55. The molecule has 1 atom stereocenters. The van der Waals surface area contributed by atoms with Crippen molar-refractivity contribution in [2.45, 2.75) is 13.2 Å². The molecule has 1 saturated heterocycles. The molecule has 1 radical (unpaired) electrons. The summed E-state index contributed by atoms with van der Waals surface area (Å²) in [5.74, 6) is 0.691. The molecule has 1 aliphatic heterocycles. The van der Waals surface area contributed by atoms with Crippen LogP contribution in [0.2, 0.25) is 0 Å². The highest BCUT2D eigenvalue weighted by Crippen LogP contribution is 2.11. The summed E-state index contributed by atoms with van der Waals surface area (Å²) in [7, 11) is 0. The van der Waals surface area contributed by atoms with Crippen LogP contribution in [0.4, 0.5) is 0 Å². The van der Waals surface area contributed by atoms with Crippen LogP contribution in [0.15, 0.2) is 18.3 Å². The van der Waals surface area contributed by atoms with E-state index in [9.17, 15) is 0 Å². The maximum atomic E-state index is 5.71. The third-order valence-electron chi connectivity index (χ3n) is 2.44. The average molecular weight is 207 g/mol. The molecule has 0 amide bonds. The number of hydrogen-bond acceptors (Lipinski definition) is 4. The number of hydrogen-bond donors (Lipinski definition) is 0. The van der Waals surface area contributed by atoms with Crippen LogP contribution in [-0.2, 0) is 4.74 Å². The Morgan fingerprint density at radius 3 is 3.00 bits per heavy atom. The van der Waals surface area contributed by atoms with Crippen LogP contribution >= 0.6 is 0 Å². The van der Waals surface area contributed by atoms with Gasteiger partial charge in [-0.25, -0.2) is 0 Å². The largest absolute Gasteiger partial charge is 0.473 e. The predicted octanol–water partition coefficient (Wildman–Crippen LogP) is 0.939. The van der Waals surface area contributed by atoms with Crippen molar-refractivity contribution in [1.82, 2.24) is 9.88 Å². The third-order valence-corrected chi connectivity index (χ3v) is 2.44. The topological polar surface area (TPSA) is 34.6 Å². The smallest absolute Gasteiger partial charge is 0.150 e. The lowest BCUT2D eigenvalue weighted by atomic mass is 10.4. The molecular weight excluding hydrogens is 192 g/mol. The zero-order chi connectivity index (χ0) is 10.5. The van der Waals surface area contributed by atoms with Gasteiger partial charge in [-0.1, -0.05) is 0 Å². The summed E-state index contributed by atoms with van der Waals surface area (Å²) < 4.78 is 11.0. The van der Waals surface area contributed by atoms with Crippen LogP contribution in [0.25, 0.3) is 0 Å². The van der Waals surface area contributed by atoms with E-state index >= 15 is 0 Å². The second-order valence-corrected chi connectivity index (χ2v) is 3.48. The second kappa shape index (κ2) is 5.09. The molecule has 1 fully saturated rings. The predicted molar refractivity (Wildman–Crippen MR) is 55.6 cm³/mol. The van der Waals surface area contributed by atoms with E-state index in [0.29, 0.717) is 5.75 Å². The first-order valence-electron chi connectivity index (χ1n) is 5.17. The molecule has 0 spiro atoms. The molecule has 0 aromatic carbocycles. The summed E-state index contributed by atoms with van der Waals surface area (Å²) in [6.45, 7) is 5.43. The number of pyridine rings is 1. The van der Waals surface area contributed by atoms with E-state index in [1.54, 1.807) is 6.20 Å². The van der Waals surface area contributed by atoms with Gasteiger partial charge in [0.2, 0.25) is 0 Å². The summed E-state index contributed by atoms with van der Waals surface area (Å²) in [6, 6.07) is 3.71. The van der Waals surface area contributed by atoms with E-state index in [2.05, 4.69) is 16.1 Å². The first-order chi connectivity index (χ1) is 7.36. The Hall–Kier alpha value is -1.13. The molecule has 81 valence electrons. The third kappa shape index (κ3) is 2.91. The van der Waals surface area contributed by atoms with Crippen LogP contribution in [-0.4, -0.2) is 42.4 Å². The Kier molecular flexibility index (Phi) is 3.53. The Balaban J connectivity index is 1.88. The summed E-state index contributed by atoms with van der Waals surface area (Å²) in [5.41, 5.74) is 0. The van der Waals surface area contributed by atoms with Crippen LogP contribution < -0.4 is 4.74 Å². The Bertz CT molecular complexity index is 286. The van der Waals surface area contributed by atoms with Gasteiger partial charge in [-0.3, -0.25) is 9.88 Å². The fraction of sp³-hybridized carbons (Fsp3) is 0.545. The molecule has 4 heteroatoms. The van der Waals surface area contributed by atoms with E-state index < -0.39 is 0 Å². The molecule has 1 unspecified atom stereocenters. The molecule has 2 rings (SSSR count). The van der Waals surface area contributed by atoms with Crippen molar-refractivity contribution in [2.24, 2.45) is 0 Å². The zero-order valence-corrected chi connectivity index (χ0v) is 8.85. The Morgan fingerprint density at radius 1 is 1.53 bits per heavy atom. The van der Waals surface area contributed by atoms with E-state index in [1.165, 1.54) is 0 Å². The van der Waals surface area contributed by atoms with Gasteiger partial charge < -0.3 is 9.47 Å². The normalized spacial score (nSPS) is 19.8. The zero-order valence-electron chi connectivity index (χ0n) is 8.85. The first kappa shape index (κ1) is 10.4. The van der Waals surface area contributed by atoms with Crippen LogP contribution in [0, 0.1) is 6.20 Å². The summed E-state index contributed by atoms with van der Waals surface area (Å²) >= 11 is 0. The first-order valence-corrected chi connectivity index (χ1v) is 5.17. The van der Waals surface area contributed by atoms with Gasteiger partial charge in [0.05, 0.1) is 13.2 Å². The van der Waals surface area contributed by atoms with Crippen LogP contribution in [0.5, 0.6) is 5.75 Å². The molecule has 4 nitrogen and oxygen atoms in total. The number of ether oxygens (including phenoxy) is 2. The molecule has 0 bridgehead atoms. The molecule has 0 saturated carbocycles. The van der Waals surface area contributed by atoms with E-state index in [1.807, 2.05) is 19.1 Å². The second-order valence-electron chi connectivity index (χ2n) is 3.48. The van der Waals surface area contributed by atoms with Gasteiger partial charge in [0.25, 0.3) is 0 Å². The van der Waals surface area contributed by atoms with Crippen molar-refractivity contribution in [1.29, 1.82) is 0 Å². The molecular formula is C11H15N2O2. The van der Waals surface area contributed by atoms with Gasteiger partial charge in [-0.05, 0) is 19.1 Å². The highest BCUT2D eigenvalue weighted by atomic mass is 16.5. The van der Waals surface area contributed by atoms with Crippen molar-refractivity contribution < 1.29 is 9.47 Å². The minimum absolute atomic E-state index is 0.0503. The van der Waals surface area contributed by atoms with Gasteiger partial charge >= 0.3 is 0 Å². The van der Waals surface area contributed by atoms with Gasteiger partial charge in [0.1, 0.15) is 18.2 Å². The number of aromatic nitrogens is 1. The fourth-order valence-electron chi connectivity index (χ4n) is 1.58. The van der Waals surface area contributed by atoms with Gasteiger partial charge in [0.15, 0.2) is 0 Å². The van der Waals surface area contributed by atoms with Gasteiger partial charge in [0, 0.05) is 19.3 Å². The van der Waals surface area contributed by atoms with Crippen molar-refractivity contribution >= 4 is 0 Å². The van der Waals surface area contributed by atoms with Crippen LogP contribution in [0.3, 0.4) is 0 Å². The van der Waals surface area contributed by atoms with Crippen molar-refractivity contribution in [3.63, 3.8) is 0 Å². The maximum absolute atomic E-state index is 5.71. The van der Waals surface area contributed by atoms with E-state index in [4.69, 9.17) is 9.47 Å². The lowest BCUT2D eigenvalue weighted by Crippen LogP contribution is -2.44. The molecule has 1 aromatic rings. The van der Waals surface area contributed by atoms with E-state index in [0.717, 1.165) is 26.3 Å². The standard InChI is InChI=1S/C11H15N2O2/c1-10(13-5-7-14-8-6-13)15-11-3-2-4-12-9-11/h2-4,10H,5-8H2,1H3. The molecule has 1 aliphatic rings. The van der Waals surface area contributed by atoms with Crippen molar-refractivity contribution in [3.8, 4) is 5.75 Å². The molecule has 15 heavy (non-hydrogen) atoms. The quantitative estimate of drug-likeness (QED) is 0.738. The molecule has 2 heterocycles. The molecule has 0 aliphatic carbocycles. The highest BCUT2D eigenvalue weighted by Gasteiger charge is 2.17. The van der Waals surface area contributed by atoms with Gasteiger partial charge in [-0.15, -0.1) is 0 Å². The molecule has 0 N–H and O–H groups in total. The highest BCUT2D eigenvalue weighted by molar-refractivity contribution is 5.14. The number of rotatable bonds is 3. The summed E-state index contributed by atoms with van der Waals surface area (Å²) in [4.78, 5) is 6.13. The lowest BCUT2D eigenvalue weighted by Gasteiger charge is -2.31. The van der Waals surface area contributed by atoms with E-state index in [-0.39, 0.29) is 6.23 Å². The Morgan fingerprint density at radius 2 is 2.33 bits per heavy atom. The summed E-state index contributed by atoms with van der Waals surface area (Å²) in [5, 5.41) is 0. The number of morpholine rings is 1. The average Bonchev–Trinajstić information content (AvgIpc) is 2.31. The molecule has 1 aromatic heterocycles. The number of nitrogens with zero attached hydrogens (tertiary/aromatic N) is 2. The lowest BCUT2D eigenvalue weighted by molar-refractivity contribution is -0.0375.